The van der Waals surface area contributed by atoms with Crippen LogP contribution in [0.4, 0.5) is 11.4 Å². The molecule has 0 saturated heterocycles. The Morgan fingerprint density at radius 2 is 1.09 bits per heavy atom. The molecule has 0 fully saturated rings. The summed E-state index contributed by atoms with van der Waals surface area (Å²) in [7, 11) is 0. The van der Waals surface area contributed by atoms with Crippen molar-refractivity contribution in [2.24, 2.45) is 0 Å². The molecular formula is C41H29NO4. The summed E-state index contributed by atoms with van der Waals surface area (Å²) in [6.45, 7) is 3.63. The third-order valence-corrected chi connectivity index (χ3v) is 7.83. The van der Waals surface area contributed by atoms with Crippen molar-refractivity contribution in [1.82, 2.24) is 0 Å². The van der Waals surface area contributed by atoms with Crippen LogP contribution < -0.4 is 4.90 Å². The van der Waals surface area contributed by atoms with Crippen LogP contribution in [0.1, 0.15) is 28.2 Å². The Bertz CT molecular complexity index is 2090. The summed E-state index contributed by atoms with van der Waals surface area (Å²) < 4.78 is 12.8. The summed E-state index contributed by atoms with van der Waals surface area (Å²) in [5.41, 5.74) is 7.03. The lowest BCUT2D eigenvalue weighted by Crippen LogP contribution is -2.10. The summed E-state index contributed by atoms with van der Waals surface area (Å²) in [6, 6.07) is 45.9. The standard InChI is InChI=1S/C41H29NO4/c1-28(41(43)44)31-21-17-29(18-22-31)15-16-30-19-23-35(24-20-30)42(34-11-3-2-4-12-34)27-36(39-25-32-9-5-7-13-37(32)45-39)40-26-33-10-6-8-14-38(33)46-40/h2-27H,1H2,(H,43,44). The maximum atomic E-state index is 11.2. The van der Waals surface area contributed by atoms with E-state index in [0.717, 1.165) is 50.0 Å². The summed E-state index contributed by atoms with van der Waals surface area (Å²) in [5.74, 6) is 0.391. The van der Waals surface area contributed by atoms with Gasteiger partial charge in [0.1, 0.15) is 22.7 Å². The largest absolute Gasteiger partial charge is 0.478 e. The number of carboxylic acids is 1. The third kappa shape index (κ3) is 5.90. The van der Waals surface area contributed by atoms with E-state index in [-0.39, 0.29) is 5.57 Å². The van der Waals surface area contributed by atoms with Crippen molar-refractivity contribution in [2.75, 3.05) is 4.90 Å². The van der Waals surface area contributed by atoms with Crippen LogP contribution in [0.2, 0.25) is 0 Å². The minimum Gasteiger partial charge on any atom is -0.478 e. The highest BCUT2D eigenvalue weighted by Crippen LogP contribution is 2.36. The molecule has 0 unspecified atom stereocenters. The number of furan rings is 2. The summed E-state index contributed by atoms with van der Waals surface area (Å²) >= 11 is 0. The molecule has 0 aliphatic carbocycles. The Morgan fingerprint density at radius 1 is 0.609 bits per heavy atom. The molecule has 222 valence electrons. The van der Waals surface area contributed by atoms with Crippen molar-refractivity contribution in [1.29, 1.82) is 0 Å². The molecule has 0 radical (unpaired) electrons. The number of hydrogen-bond acceptors (Lipinski definition) is 4. The second-order valence-corrected chi connectivity index (χ2v) is 10.9. The highest BCUT2D eigenvalue weighted by atomic mass is 16.4. The second kappa shape index (κ2) is 12.3. The van der Waals surface area contributed by atoms with Crippen molar-refractivity contribution in [3.05, 3.63) is 181 Å². The van der Waals surface area contributed by atoms with Gasteiger partial charge in [0.2, 0.25) is 0 Å². The molecule has 2 aromatic heterocycles. The van der Waals surface area contributed by atoms with Crippen LogP contribution in [0.25, 0.3) is 45.2 Å². The van der Waals surface area contributed by atoms with E-state index in [1.54, 1.807) is 12.1 Å². The lowest BCUT2D eigenvalue weighted by atomic mass is 10.0. The third-order valence-electron chi connectivity index (χ3n) is 7.83. The molecule has 7 aromatic rings. The predicted molar refractivity (Wildman–Crippen MR) is 187 cm³/mol. The molecular weight excluding hydrogens is 570 g/mol. The lowest BCUT2D eigenvalue weighted by molar-refractivity contribution is -0.130. The van der Waals surface area contributed by atoms with Gasteiger partial charge in [-0.2, -0.15) is 0 Å². The van der Waals surface area contributed by atoms with Gasteiger partial charge in [0.05, 0.1) is 11.1 Å². The monoisotopic (exact) mass is 599 g/mol. The first-order valence-corrected chi connectivity index (χ1v) is 14.9. The van der Waals surface area contributed by atoms with Crippen LogP contribution in [0.3, 0.4) is 0 Å². The van der Waals surface area contributed by atoms with Crippen molar-refractivity contribution < 1.29 is 18.7 Å². The first-order chi connectivity index (χ1) is 22.5. The Labute approximate surface area is 266 Å². The zero-order chi connectivity index (χ0) is 31.5. The molecule has 2 heterocycles. The Hall–Kier alpha value is -6.33. The fourth-order valence-corrected chi connectivity index (χ4v) is 5.35. The highest BCUT2D eigenvalue weighted by molar-refractivity contribution is 6.14. The fraction of sp³-hybridized carbons (Fsp3) is 0. The van der Waals surface area contributed by atoms with Crippen molar-refractivity contribution in [3.8, 4) is 0 Å². The van der Waals surface area contributed by atoms with Crippen LogP contribution in [-0.2, 0) is 4.79 Å². The maximum absolute atomic E-state index is 11.2. The van der Waals surface area contributed by atoms with E-state index in [4.69, 9.17) is 8.83 Å². The number of nitrogens with zero attached hydrogens (tertiary/aromatic N) is 1. The van der Waals surface area contributed by atoms with Crippen LogP contribution in [0, 0.1) is 0 Å². The predicted octanol–water partition coefficient (Wildman–Crippen LogP) is 10.7. The highest BCUT2D eigenvalue weighted by Gasteiger charge is 2.19. The van der Waals surface area contributed by atoms with Gasteiger partial charge >= 0.3 is 5.97 Å². The number of benzene rings is 5. The first kappa shape index (κ1) is 28.4. The second-order valence-electron chi connectivity index (χ2n) is 10.9. The number of fused-ring (bicyclic) bond motifs is 2. The molecule has 5 heteroatoms. The quantitative estimate of drug-likeness (QED) is 0.132. The van der Waals surface area contributed by atoms with Gasteiger partial charge in [-0.1, -0.05) is 110 Å². The first-order valence-electron chi connectivity index (χ1n) is 14.9. The molecule has 0 bridgehead atoms. The van der Waals surface area contributed by atoms with Gasteiger partial charge in [0, 0.05) is 28.3 Å². The lowest BCUT2D eigenvalue weighted by Gasteiger charge is -2.22. The topological polar surface area (TPSA) is 66.8 Å². The van der Waals surface area contributed by atoms with Gasteiger partial charge in [-0.25, -0.2) is 4.79 Å². The van der Waals surface area contributed by atoms with Crippen molar-refractivity contribution in [3.63, 3.8) is 0 Å². The molecule has 5 aromatic carbocycles. The van der Waals surface area contributed by atoms with E-state index < -0.39 is 5.97 Å². The number of hydrogen-bond donors (Lipinski definition) is 1. The normalized spacial score (nSPS) is 11.2. The molecule has 1 N–H and O–H groups in total. The molecule has 0 spiro atoms. The summed E-state index contributed by atoms with van der Waals surface area (Å²) in [6.07, 6.45) is 6.10. The van der Waals surface area contributed by atoms with Crippen molar-refractivity contribution >= 4 is 62.6 Å². The van der Waals surface area contributed by atoms with E-state index >= 15 is 0 Å². The molecule has 0 aliphatic heterocycles. The van der Waals surface area contributed by atoms with Crippen LogP contribution >= 0.6 is 0 Å². The maximum Gasteiger partial charge on any atom is 0.335 e. The SMILES string of the molecule is C=C(C(=O)O)c1ccc(C=Cc2ccc(N(C=C(c3cc4ccccc4o3)c3cc4ccccc4o3)c3ccccc3)cc2)cc1. The zero-order valence-electron chi connectivity index (χ0n) is 24.8. The van der Waals surface area contributed by atoms with Gasteiger partial charge < -0.3 is 18.8 Å². The molecule has 0 aliphatic rings. The average Bonchev–Trinajstić information content (AvgIpc) is 3.73. The van der Waals surface area contributed by atoms with Gasteiger partial charge in [-0.3, -0.25) is 0 Å². The zero-order valence-corrected chi connectivity index (χ0v) is 24.8. The Morgan fingerprint density at radius 3 is 1.61 bits per heavy atom. The van der Waals surface area contributed by atoms with Crippen LogP contribution in [-0.4, -0.2) is 11.1 Å². The van der Waals surface area contributed by atoms with E-state index in [1.165, 1.54) is 0 Å². The molecule has 5 nitrogen and oxygen atoms in total. The molecule has 0 amide bonds. The number of carbonyl (C=O) groups is 1. The number of rotatable bonds is 9. The fourth-order valence-electron chi connectivity index (χ4n) is 5.35. The summed E-state index contributed by atoms with van der Waals surface area (Å²) in [5, 5.41) is 11.2. The number of anilines is 2. The van der Waals surface area contributed by atoms with Gasteiger partial charge in [0.15, 0.2) is 0 Å². The minimum absolute atomic E-state index is 0.0759. The van der Waals surface area contributed by atoms with E-state index in [1.807, 2.05) is 91.0 Å². The van der Waals surface area contributed by atoms with Gasteiger partial charge in [-0.15, -0.1) is 0 Å². The van der Waals surface area contributed by atoms with E-state index in [0.29, 0.717) is 17.1 Å². The number of para-hydroxylation sites is 3. The van der Waals surface area contributed by atoms with Crippen LogP contribution in [0.15, 0.2) is 161 Å². The van der Waals surface area contributed by atoms with Crippen molar-refractivity contribution in [2.45, 2.75) is 0 Å². The Balaban J connectivity index is 1.26. The van der Waals surface area contributed by atoms with E-state index in [9.17, 15) is 9.90 Å². The number of aliphatic carboxylic acids is 1. The van der Waals surface area contributed by atoms with Gasteiger partial charge in [-0.05, 0) is 65.2 Å². The molecule has 0 saturated carbocycles. The molecule has 7 rings (SSSR count). The average molecular weight is 600 g/mol. The smallest absolute Gasteiger partial charge is 0.335 e. The Kier molecular flexibility index (Phi) is 7.63. The van der Waals surface area contributed by atoms with E-state index in [2.05, 4.69) is 66.2 Å². The summed E-state index contributed by atoms with van der Waals surface area (Å²) in [4.78, 5) is 13.3. The molecule has 46 heavy (non-hydrogen) atoms. The molecule has 0 atom stereocenters. The number of carboxylic acid groups (broad SMARTS) is 1. The van der Waals surface area contributed by atoms with Gasteiger partial charge in [0.25, 0.3) is 0 Å². The minimum atomic E-state index is -1.02. The van der Waals surface area contributed by atoms with Crippen LogP contribution in [0.5, 0.6) is 0 Å².